The van der Waals surface area contributed by atoms with Gasteiger partial charge in [0.25, 0.3) is 0 Å². The predicted octanol–water partition coefficient (Wildman–Crippen LogP) is 4.64. The number of carbonyl (C=O) groups is 2. The van der Waals surface area contributed by atoms with Gasteiger partial charge in [0.1, 0.15) is 17.3 Å². The molecule has 0 bridgehead atoms. The highest BCUT2D eigenvalue weighted by molar-refractivity contribution is 5.92. The van der Waals surface area contributed by atoms with E-state index in [2.05, 4.69) is 0 Å². The van der Waals surface area contributed by atoms with Crippen molar-refractivity contribution in [3.63, 3.8) is 0 Å². The van der Waals surface area contributed by atoms with Crippen LogP contribution in [0, 0.1) is 5.82 Å². The first kappa shape index (κ1) is 17.4. The van der Waals surface area contributed by atoms with Crippen LogP contribution in [0.4, 0.5) is 4.39 Å². The molecular formula is C21H15FO4. The summed E-state index contributed by atoms with van der Waals surface area (Å²) in [4.78, 5) is 23.2. The van der Waals surface area contributed by atoms with Crippen LogP contribution in [0.5, 0.6) is 11.5 Å². The Morgan fingerprint density at radius 1 is 0.769 bits per heavy atom. The van der Waals surface area contributed by atoms with Gasteiger partial charge in [-0.05, 0) is 59.7 Å². The summed E-state index contributed by atoms with van der Waals surface area (Å²) in [6.45, 7) is 1.34. The molecular weight excluding hydrogens is 335 g/mol. The third-order valence-corrected chi connectivity index (χ3v) is 3.57. The highest BCUT2D eigenvalue weighted by atomic mass is 19.1. The third kappa shape index (κ3) is 4.33. The van der Waals surface area contributed by atoms with Crippen LogP contribution < -0.4 is 9.47 Å². The lowest BCUT2D eigenvalue weighted by Gasteiger charge is -2.07. The molecule has 0 aromatic heterocycles. The van der Waals surface area contributed by atoms with E-state index < -0.39 is 11.8 Å². The van der Waals surface area contributed by atoms with Gasteiger partial charge < -0.3 is 9.47 Å². The fourth-order valence-corrected chi connectivity index (χ4v) is 2.38. The van der Waals surface area contributed by atoms with Crippen LogP contribution >= 0.6 is 0 Å². The molecule has 26 heavy (non-hydrogen) atoms. The fourth-order valence-electron chi connectivity index (χ4n) is 2.38. The molecule has 0 N–H and O–H groups in total. The third-order valence-electron chi connectivity index (χ3n) is 3.57. The fraction of sp³-hybridized carbons (Fsp3) is 0.0476. The van der Waals surface area contributed by atoms with Crippen molar-refractivity contribution < 1.29 is 23.5 Å². The van der Waals surface area contributed by atoms with Crippen molar-refractivity contribution in [3.05, 3.63) is 84.2 Å². The molecule has 5 heteroatoms. The maximum Gasteiger partial charge on any atom is 0.343 e. The first-order chi connectivity index (χ1) is 12.5. The predicted molar refractivity (Wildman–Crippen MR) is 94.5 cm³/mol. The molecule has 4 nitrogen and oxygen atoms in total. The lowest BCUT2D eigenvalue weighted by Crippen LogP contribution is -2.08. The zero-order valence-corrected chi connectivity index (χ0v) is 13.9. The van der Waals surface area contributed by atoms with Crippen LogP contribution in [0.2, 0.25) is 0 Å². The van der Waals surface area contributed by atoms with Gasteiger partial charge in [0.05, 0.1) is 5.56 Å². The molecule has 0 saturated heterocycles. The van der Waals surface area contributed by atoms with Crippen molar-refractivity contribution in [1.82, 2.24) is 0 Å². The van der Waals surface area contributed by atoms with Gasteiger partial charge in [0, 0.05) is 6.92 Å². The minimum absolute atomic E-state index is 0.271. The number of carbonyl (C=O) groups excluding carboxylic acids is 2. The van der Waals surface area contributed by atoms with Crippen molar-refractivity contribution >= 4 is 11.9 Å². The Morgan fingerprint density at radius 2 is 1.38 bits per heavy atom. The zero-order valence-electron chi connectivity index (χ0n) is 13.9. The smallest absolute Gasteiger partial charge is 0.343 e. The number of rotatable bonds is 4. The van der Waals surface area contributed by atoms with E-state index in [1.165, 1.54) is 31.2 Å². The van der Waals surface area contributed by atoms with Gasteiger partial charge in [0.2, 0.25) is 0 Å². The lowest BCUT2D eigenvalue weighted by molar-refractivity contribution is -0.131. The van der Waals surface area contributed by atoms with Crippen LogP contribution in [-0.2, 0) is 4.79 Å². The first-order valence-corrected chi connectivity index (χ1v) is 7.88. The van der Waals surface area contributed by atoms with Crippen molar-refractivity contribution in [3.8, 4) is 22.6 Å². The van der Waals surface area contributed by atoms with E-state index in [-0.39, 0.29) is 11.7 Å². The molecule has 0 aliphatic heterocycles. The minimum atomic E-state index is -0.532. The molecule has 0 atom stereocenters. The van der Waals surface area contributed by atoms with Crippen LogP contribution in [-0.4, -0.2) is 11.9 Å². The number of ether oxygens (including phenoxy) is 2. The summed E-state index contributed by atoms with van der Waals surface area (Å²) in [5.74, 6) is -0.595. The molecule has 0 aliphatic rings. The maximum absolute atomic E-state index is 12.9. The highest BCUT2D eigenvalue weighted by Gasteiger charge is 2.10. The number of hydrogen-bond acceptors (Lipinski definition) is 4. The summed E-state index contributed by atoms with van der Waals surface area (Å²) in [5, 5.41) is 0. The second-order valence-electron chi connectivity index (χ2n) is 5.54. The standard InChI is InChI=1S/C21H15FO4/c1-14(23)25-19-9-5-15(6-10-19)16-3-2-4-17(13-16)21(24)26-20-11-7-18(22)8-12-20/h2-13H,1H3. The highest BCUT2D eigenvalue weighted by Crippen LogP contribution is 2.24. The van der Waals surface area contributed by atoms with E-state index in [0.29, 0.717) is 11.3 Å². The average molecular weight is 350 g/mol. The SMILES string of the molecule is CC(=O)Oc1ccc(-c2cccc(C(=O)Oc3ccc(F)cc3)c2)cc1. The summed E-state index contributed by atoms with van der Waals surface area (Å²) in [5.41, 5.74) is 2.04. The van der Waals surface area contributed by atoms with Crippen LogP contribution in [0.15, 0.2) is 72.8 Å². The summed E-state index contributed by atoms with van der Waals surface area (Å²) in [6.07, 6.45) is 0. The van der Waals surface area contributed by atoms with E-state index in [4.69, 9.17) is 9.47 Å². The molecule has 0 aliphatic carbocycles. The minimum Gasteiger partial charge on any atom is -0.427 e. The Bertz CT molecular complexity index is 931. The topological polar surface area (TPSA) is 52.6 Å². The molecule has 130 valence electrons. The van der Waals surface area contributed by atoms with E-state index in [9.17, 15) is 14.0 Å². The molecule has 0 heterocycles. The Labute approximate surface area is 149 Å². The zero-order chi connectivity index (χ0) is 18.5. The van der Waals surface area contributed by atoms with E-state index in [0.717, 1.165) is 11.1 Å². The van der Waals surface area contributed by atoms with Crippen molar-refractivity contribution in [2.75, 3.05) is 0 Å². The normalized spacial score (nSPS) is 10.2. The maximum atomic E-state index is 12.9. The van der Waals surface area contributed by atoms with Gasteiger partial charge in [-0.25, -0.2) is 9.18 Å². The second-order valence-corrected chi connectivity index (χ2v) is 5.54. The van der Waals surface area contributed by atoms with Gasteiger partial charge in [-0.15, -0.1) is 0 Å². The second kappa shape index (κ2) is 7.61. The van der Waals surface area contributed by atoms with Crippen LogP contribution in [0.25, 0.3) is 11.1 Å². The number of halogens is 1. The summed E-state index contributed by atoms with van der Waals surface area (Å²) < 4.78 is 23.2. The van der Waals surface area contributed by atoms with E-state index >= 15 is 0 Å². The Kier molecular flexibility index (Phi) is 5.08. The molecule has 3 aromatic rings. The van der Waals surface area contributed by atoms with E-state index in [1.807, 2.05) is 6.07 Å². The number of hydrogen-bond donors (Lipinski definition) is 0. The molecule has 0 radical (unpaired) electrons. The largest absolute Gasteiger partial charge is 0.427 e. The lowest BCUT2D eigenvalue weighted by atomic mass is 10.0. The molecule has 0 amide bonds. The molecule has 0 saturated carbocycles. The van der Waals surface area contributed by atoms with Crippen molar-refractivity contribution in [1.29, 1.82) is 0 Å². The van der Waals surface area contributed by atoms with Gasteiger partial charge in [-0.3, -0.25) is 4.79 Å². The Hall–Kier alpha value is -3.47. The quantitative estimate of drug-likeness (QED) is 0.508. The molecule has 0 spiro atoms. The molecule has 3 aromatic carbocycles. The monoisotopic (exact) mass is 350 g/mol. The van der Waals surface area contributed by atoms with Crippen LogP contribution in [0.1, 0.15) is 17.3 Å². The van der Waals surface area contributed by atoms with Crippen LogP contribution in [0.3, 0.4) is 0 Å². The van der Waals surface area contributed by atoms with Gasteiger partial charge in [-0.1, -0.05) is 24.3 Å². The summed E-state index contributed by atoms with van der Waals surface area (Å²) in [7, 11) is 0. The van der Waals surface area contributed by atoms with Gasteiger partial charge in [-0.2, -0.15) is 0 Å². The number of esters is 2. The van der Waals surface area contributed by atoms with E-state index in [1.54, 1.807) is 42.5 Å². The average Bonchev–Trinajstić information content (AvgIpc) is 2.64. The molecule has 0 fully saturated rings. The van der Waals surface area contributed by atoms with Gasteiger partial charge in [0.15, 0.2) is 0 Å². The van der Waals surface area contributed by atoms with Gasteiger partial charge >= 0.3 is 11.9 Å². The Balaban J connectivity index is 1.78. The van der Waals surface area contributed by atoms with Crippen molar-refractivity contribution in [2.24, 2.45) is 0 Å². The summed E-state index contributed by atoms with van der Waals surface area (Å²) >= 11 is 0. The summed E-state index contributed by atoms with van der Waals surface area (Å²) in [6, 6.07) is 19.1. The Morgan fingerprint density at radius 3 is 2.04 bits per heavy atom. The molecule has 0 unspecified atom stereocenters. The molecule has 3 rings (SSSR count). The van der Waals surface area contributed by atoms with Crippen molar-refractivity contribution in [2.45, 2.75) is 6.92 Å². The first-order valence-electron chi connectivity index (χ1n) is 7.88. The number of benzene rings is 3.